The van der Waals surface area contributed by atoms with Crippen LogP contribution in [0, 0.1) is 0 Å². The highest BCUT2D eigenvalue weighted by Crippen LogP contribution is 2.25. The van der Waals surface area contributed by atoms with E-state index >= 15 is 0 Å². The van der Waals surface area contributed by atoms with Gasteiger partial charge in [-0.2, -0.15) is 0 Å². The summed E-state index contributed by atoms with van der Waals surface area (Å²) in [5.74, 6) is -0.0430. The Bertz CT molecular complexity index is 545. The smallest absolute Gasteiger partial charge is 0.247 e. The van der Waals surface area contributed by atoms with Gasteiger partial charge in [0.15, 0.2) is 0 Å². The number of hydrogen-bond donors (Lipinski definition) is 5. The van der Waals surface area contributed by atoms with Gasteiger partial charge in [-0.05, 0) is 30.3 Å². The number of anilines is 1. The predicted molar refractivity (Wildman–Crippen MR) is 79.7 cm³/mol. The van der Waals surface area contributed by atoms with Gasteiger partial charge in [-0.25, -0.2) is 0 Å². The molecular formula is C15H19NO7. The number of nitrogens with one attached hydrogen (secondary N) is 1. The van der Waals surface area contributed by atoms with Crippen LogP contribution < -0.4 is 10.1 Å². The van der Waals surface area contributed by atoms with Gasteiger partial charge in [-0.3, -0.25) is 4.79 Å². The summed E-state index contributed by atoms with van der Waals surface area (Å²) in [7, 11) is 0. The van der Waals surface area contributed by atoms with E-state index in [2.05, 4.69) is 11.9 Å². The molecule has 23 heavy (non-hydrogen) atoms. The molecule has 5 N–H and O–H groups in total. The van der Waals surface area contributed by atoms with Crippen molar-refractivity contribution in [3.05, 3.63) is 36.9 Å². The van der Waals surface area contributed by atoms with Gasteiger partial charge in [-0.15, -0.1) is 0 Å². The summed E-state index contributed by atoms with van der Waals surface area (Å²) in [5, 5.41) is 40.9. The van der Waals surface area contributed by atoms with E-state index < -0.39 is 37.3 Å². The first kappa shape index (κ1) is 17.4. The van der Waals surface area contributed by atoms with E-state index in [9.17, 15) is 20.1 Å². The monoisotopic (exact) mass is 325 g/mol. The lowest BCUT2D eigenvalue weighted by atomic mass is 9.99. The largest absolute Gasteiger partial charge is 0.462 e. The Morgan fingerprint density at radius 1 is 1.22 bits per heavy atom. The molecule has 2 rings (SSSR count). The van der Waals surface area contributed by atoms with Crippen LogP contribution in [0.25, 0.3) is 0 Å². The summed E-state index contributed by atoms with van der Waals surface area (Å²) in [6.07, 6.45) is -5.57. The molecule has 1 aromatic carbocycles. The number of hydrogen-bond acceptors (Lipinski definition) is 7. The average Bonchev–Trinajstić information content (AvgIpc) is 2.56. The van der Waals surface area contributed by atoms with E-state index in [1.807, 2.05) is 0 Å². The number of rotatable bonds is 5. The van der Waals surface area contributed by atoms with E-state index in [-0.39, 0.29) is 5.91 Å². The molecule has 1 aliphatic heterocycles. The van der Waals surface area contributed by atoms with Crippen LogP contribution in [0.1, 0.15) is 0 Å². The van der Waals surface area contributed by atoms with Gasteiger partial charge in [-0.1, -0.05) is 6.58 Å². The van der Waals surface area contributed by atoms with Crippen molar-refractivity contribution in [2.24, 2.45) is 0 Å². The normalized spacial score (nSPS) is 30.5. The molecule has 5 atom stereocenters. The molecular weight excluding hydrogens is 306 g/mol. The number of aliphatic hydroxyl groups excluding tert-OH is 4. The Hall–Kier alpha value is -1.97. The maximum Gasteiger partial charge on any atom is 0.247 e. The Morgan fingerprint density at radius 3 is 2.43 bits per heavy atom. The van der Waals surface area contributed by atoms with Crippen molar-refractivity contribution in [3.8, 4) is 5.75 Å². The molecule has 0 aliphatic carbocycles. The van der Waals surface area contributed by atoms with Crippen LogP contribution in [-0.4, -0.2) is 63.6 Å². The molecule has 126 valence electrons. The molecule has 5 unspecified atom stereocenters. The fourth-order valence-electron chi connectivity index (χ4n) is 2.11. The number of amides is 1. The number of carbonyl (C=O) groups is 1. The minimum absolute atomic E-state index is 0.311. The first-order chi connectivity index (χ1) is 11.0. The second kappa shape index (κ2) is 7.53. The van der Waals surface area contributed by atoms with Crippen molar-refractivity contribution in [1.82, 2.24) is 0 Å². The highest BCUT2D eigenvalue weighted by molar-refractivity contribution is 5.98. The van der Waals surface area contributed by atoms with Crippen LogP contribution in [0.15, 0.2) is 36.9 Å². The Kier molecular flexibility index (Phi) is 5.69. The number of carbonyl (C=O) groups excluding carboxylic acids is 1. The fourth-order valence-corrected chi connectivity index (χ4v) is 2.11. The molecule has 1 aromatic rings. The molecule has 1 saturated heterocycles. The lowest BCUT2D eigenvalue weighted by molar-refractivity contribution is -0.277. The van der Waals surface area contributed by atoms with Gasteiger partial charge in [0.05, 0.1) is 6.61 Å². The third-order valence-electron chi connectivity index (χ3n) is 3.41. The topological polar surface area (TPSA) is 128 Å². The van der Waals surface area contributed by atoms with Crippen molar-refractivity contribution in [1.29, 1.82) is 0 Å². The van der Waals surface area contributed by atoms with Gasteiger partial charge in [0.1, 0.15) is 30.2 Å². The molecule has 1 amide bonds. The lowest BCUT2D eigenvalue weighted by Gasteiger charge is -2.39. The summed E-state index contributed by atoms with van der Waals surface area (Å²) >= 11 is 0. The summed E-state index contributed by atoms with van der Waals surface area (Å²) in [5.41, 5.74) is 0.524. The van der Waals surface area contributed by atoms with Crippen molar-refractivity contribution in [2.75, 3.05) is 11.9 Å². The molecule has 8 nitrogen and oxygen atoms in total. The zero-order valence-corrected chi connectivity index (χ0v) is 12.2. The van der Waals surface area contributed by atoms with Crippen molar-refractivity contribution < 1.29 is 34.7 Å². The van der Waals surface area contributed by atoms with Crippen molar-refractivity contribution >= 4 is 11.6 Å². The highest BCUT2D eigenvalue weighted by atomic mass is 16.7. The van der Waals surface area contributed by atoms with E-state index in [4.69, 9.17) is 14.6 Å². The van der Waals surface area contributed by atoms with Gasteiger partial charge in [0.2, 0.25) is 12.2 Å². The third-order valence-corrected chi connectivity index (χ3v) is 3.41. The summed E-state index contributed by atoms with van der Waals surface area (Å²) in [4.78, 5) is 11.2. The molecule has 8 heteroatoms. The Balaban J connectivity index is 2.03. The van der Waals surface area contributed by atoms with E-state index in [1.54, 1.807) is 12.1 Å². The minimum atomic E-state index is -1.50. The first-order valence-electron chi connectivity index (χ1n) is 6.97. The number of benzene rings is 1. The zero-order chi connectivity index (χ0) is 17.0. The molecule has 0 saturated carbocycles. The summed E-state index contributed by atoms with van der Waals surface area (Å²) < 4.78 is 10.6. The predicted octanol–water partition coefficient (Wildman–Crippen LogP) is -1.01. The van der Waals surface area contributed by atoms with Gasteiger partial charge in [0.25, 0.3) is 0 Å². The fraction of sp³-hybridized carbons (Fsp3) is 0.400. The van der Waals surface area contributed by atoms with Crippen LogP contribution >= 0.6 is 0 Å². The summed E-state index contributed by atoms with van der Waals surface area (Å²) in [6, 6.07) is 6.20. The quantitative estimate of drug-likeness (QED) is 0.439. The molecule has 1 fully saturated rings. The zero-order valence-electron chi connectivity index (χ0n) is 12.2. The maximum absolute atomic E-state index is 11.2. The third kappa shape index (κ3) is 4.06. The van der Waals surface area contributed by atoms with Gasteiger partial charge >= 0.3 is 0 Å². The highest BCUT2D eigenvalue weighted by Gasteiger charge is 2.44. The van der Waals surface area contributed by atoms with E-state index in [0.29, 0.717) is 11.4 Å². The standard InChI is InChI=1S/C15H19NO7/c1-2-11(18)16-8-3-5-9(6-4-8)22-15-14(21)13(20)12(19)10(7-17)23-15/h2-6,10,12-15,17,19-21H,1,7H2,(H,16,18). The second-order valence-corrected chi connectivity index (χ2v) is 5.03. The van der Waals surface area contributed by atoms with Crippen molar-refractivity contribution in [3.63, 3.8) is 0 Å². The lowest BCUT2D eigenvalue weighted by Crippen LogP contribution is -2.60. The minimum Gasteiger partial charge on any atom is -0.462 e. The molecule has 0 bridgehead atoms. The van der Waals surface area contributed by atoms with Gasteiger partial charge < -0.3 is 35.2 Å². The summed E-state index contributed by atoms with van der Waals surface area (Å²) in [6.45, 7) is 2.81. The van der Waals surface area contributed by atoms with Crippen LogP contribution in [0.3, 0.4) is 0 Å². The maximum atomic E-state index is 11.2. The van der Waals surface area contributed by atoms with Crippen LogP contribution in [0.5, 0.6) is 5.75 Å². The molecule has 1 heterocycles. The first-order valence-corrected chi connectivity index (χ1v) is 6.97. The molecule has 0 aromatic heterocycles. The Labute approximate surface area is 132 Å². The number of ether oxygens (including phenoxy) is 2. The van der Waals surface area contributed by atoms with E-state index in [1.165, 1.54) is 12.1 Å². The van der Waals surface area contributed by atoms with Crippen LogP contribution in [-0.2, 0) is 9.53 Å². The second-order valence-electron chi connectivity index (χ2n) is 5.03. The SMILES string of the molecule is C=CC(=O)Nc1ccc(OC2OC(CO)C(O)C(O)C2O)cc1. The molecule has 1 aliphatic rings. The Morgan fingerprint density at radius 2 is 1.87 bits per heavy atom. The van der Waals surface area contributed by atoms with Gasteiger partial charge in [0, 0.05) is 5.69 Å². The molecule has 0 radical (unpaired) electrons. The van der Waals surface area contributed by atoms with Crippen LogP contribution in [0.4, 0.5) is 5.69 Å². The van der Waals surface area contributed by atoms with Crippen molar-refractivity contribution in [2.45, 2.75) is 30.7 Å². The molecule has 0 spiro atoms. The number of aliphatic hydroxyl groups is 4. The van der Waals surface area contributed by atoms with Crippen LogP contribution in [0.2, 0.25) is 0 Å². The average molecular weight is 325 g/mol. The van der Waals surface area contributed by atoms with E-state index in [0.717, 1.165) is 6.08 Å².